The van der Waals surface area contributed by atoms with Crippen LogP contribution in [-0.4, -0.2) is 15.8 Å². The zero-order valence-electron chi connectivity index (χ0n) is 11.6. The molecule has 0 aromatic carbocycles. The third kappa shape index (κ3) is 1.85. The van der Waals surface area contributed by atoms with Gasteiger partial charge in [0, 0.05) is 19.6 Å². The molecule has 2 rings (SSSR count). The number of nitrogens with zero attached hydrogens (tertiary/aromatic N) is 2. The normalized spacial score (nSPS) is 21.8. The van der Waals surface area contributed by atoms with Gasteiger partial charge in [0.25, 0.3) is 0 Å². The number of hydrogen-bond acceptors (Lipinski definition) is 2. The lowest BCUT2D eigenvalue weighted by Crippen LogP contribution is -2.23. The Morgan fingerprint density at radius 1 is 1.29 bits per heavy atom. The van der Waals surface area contributed by atoms with Crippen molar-refractivity contribution in [2.45, 2.75) is 47.2 Å². The number of aryl methyl sites for hydroxylation is 2. The molecule has 1 N–H and O–H groups in total. The summed E-state index contributed by atoms with van der Waals surface area (Å²) < 4.78 is 3.08. The summed E-state index contributed by atoms with van der Waals surface area (Å²) in [5, 5.41) is 8.07. The largest absolute Gasteiger partial charge is 0.307 e. The Kier molecular flexibility index (Phi) is 2.94. The highest BCUT2D eigenvalue weighted by atomic mass is 79.9. The van der Waals surface area contributed by atoms with Crippen molar-refractivity contribution in [3.8, 4) is 0 Å². The van der Waals surface area contributed by atoms with Gasteiger partial charge in [-0.2, -0.15) is 5.10 Å². The summed E-state index contributed by atoms with van der Waals surface area (Å²) in [5.74, 6) is 0. The van der Waals surface area contributed by atoms with E-state index < -0.39 is 0 Å². The SMILES string of the molecule is Cc1nn(C)c(CNC2C(C)(C)C2(C)C)c1Br. The molecule has 1 aliphatic rings. The Balaban J connectivity index is 2.05. The first-order valence-electron chi connectivity index (χ1n) is 6.11. The van der Waals surface area contributed by atoms with Crippen LogP contribution in [0, 0.1) is 17.8 Å². The van der Waals surface area contributed by atoms with Crippen LogP contribution in [-0.2, 0) is 13.6 Å². The summed E-state index contributed by atoms with van der Waals surface area (Å²) in [6.07, 6.45) is 0. The molecule has 0 radical (unpaired) electrons. The second kappa shape index (κ2) is 3.82. The predicted molar refractivity (Wildman–Crippen MR) is 73.8 cm³/mol. The zero-order valence-corrected chi connectivity index (χ0v) is 13.1. The van der Waals surface area contributed by atoms with Crippen molar-refractivity contribution in [1.82, 2.24) is 15.1 Å². The van der Waals surface area contributed by atoms with Gasteiger partial charge in [0.1, 0.15) is 0 Å². The van der Waals surface area contributed by atoms with E-state index in [0.29, 0.717) is 16.9 Å². The maximum Gasteiger partial charge on any atom is 0.0739 e. The van der Waals surface area contributed by atoms with E-state index >= 15 is 0 Å². The van der Waals surface area contributed by atoms with E-state index in [9.17, 15) is 0 Å². The molecule has 0 amide bonds. The first-order chi connectivity index (χ1) is 7.69. The van der Waals surface area contributed by atoms with E-state index in [1.165, 1.54) is 5.69 Å². The summed E-state index contributed by atoms with van der Waals surface area (Å²) in [6.45, 7) is 12.2. The van der Waals surface area contributed by atoms with Gasteiger partial charge in [-0.25, -0.2) is 0 Å². The minimum Gasteiger partial charge on any atom is -0.307 e. The van der Waals surface area contributed by atoms with Crippen LogP contribution in [0.1, 0.15) is 39.1 Å². The summed E-state index contributed by atoms with van der Waals surface area (Å²) >= 11 is 3.61. The number of hydrogen-bond donors (Lipinski definition) is 1. The van der Waals surface area contributed by atoms with Gasteiger partial charge in [0.05, 0.1) is 15.9 Å². The fourth-order valence-corrected chi connectivity index (χ4v) is 3.25. The highest BCUT2D eigenvalue weighted by Gasteiger charge is 2.64. The molecule has 1 aromatic heterocycles. The molecule has 0 spiro atoms. The van der Waals surface area contributed by atoms with Crippen LogP contribution >= 0.6 is 15.9 Å². The molecule has 1 saturated carbocycles. The topological polar surface area (TPSA) is 29.9 Å². The predicted octanol–water partition coefficient (Wildman–Crippen LogP) is 3.02. The first-order valence-corrected chi connectivity index (χ1v) is 6.90. The van der Waals surface area contributed by atoms with Gasteiger partial charge in [-0.1, -0.05) is 27.7 Å². The smallest absolute Gasteiger partial charge is 0.0739 e. The average Bonchev–Trinajstić information content (AvgIpc) is 2.44. The van der Waals surface area contributed by atoms with E-state index in [4.69, 9.17) is 0 Å². The van der Waals surface area contributed by atoms with Gasteiger partial charge in [0.2, 0.25) is 0 Å². The minimum atomic E-state index is 0.382. The molecule has 1 heterocycles. The third-order valence-corrected chi connectivity index (χ3v) is 5.79. The van der Waals surface area contributed by atoms with Crippen LogP contribution in [0.4, 0.5) is 0 Å². The van der Waals surface area contributed by atoms with Crippen molar-refractivity contribution in [1.29, 1.82) is 0 Å². The molecule has 0 bridgehead atoms. The molecule has 0 saturated heterocycles. The number of aromatic nitrogens is 2. The van der Waals surface area contributed by atoms with Crippen LogP contribution in [0.15, 0.2) is 4.47 Å². The van der Waals surface area contributed by atoms with E-state index in [0.717, 1.165) is 16.7 Å². The molecule has 3 nitrogen and oxygen atoms in total. The monoisotopic (exact) mass is 299 g/mol. The van der Waals surface area contributed by atoms with Crippen molar-refractivity contribution in [3.05, 3.63) is 15.9 Å². The maximum atomic E-state index is 4.41. The molecule has 0 atom stereocenters. The lowest BCUT2D eigenvalue weighted by Gasteiger charge is -2.07. The van der Waals surface area contributed by atoms with Crippen LogP contribution in [0.2, 0.25) is 0 Å². The van der Waals surface area contributed by atoms with Gasteiger partial charge in [-0.05, 0) is 33.7 Å². The Morgan fingerprint density at radius 3 is 2.18 bits per heavy atom. The molecular formula is C13H22BrN3. The van der Waals surface area contributed by atoms with Gasteiger partial charge < -0.3 is 5.32 Å². The van der Waals surface area contributed by atoms with Crippen LogP contribution < -0.4 is 5.32 Å². The number of rotatable bonds is 3. The van der Waals surface area contributed by atoms with Crippen molar-refractivity contribution in [3.63, 3.8) is 0 Å². The van der Waals surface area contributed by atoms with Gasteiger partial charge in [0.15, 0.2) is 0 Å². The number of nitrogens with one attached hydrogen (secondary N) is 1. The number of halogens is 1. The van der Waals surface area contributed by atoms with Crippen molar-refractivity contribution >= 4 is 15.9 Å². The van der Waals surface area contributed by atoms with Crippen molar-refractivity contribution in [2.75, 3.05) is 0 Å². The molecule has 1 aliphatic carbocycles. The molecule has 4 heteroatoms. The third-order valence-electron chi connectivity index (χ3n) is 4.76. The standard InChI is InChI=1S/C13H22BrN3/c1-8-10(14)9(17(6)16-8)7-15-11-12(2,3)13(11,4)5/h11,15H,7H2,1-6H3. The lowest BCUT2D eigenvalue weighted by atomic mass is 10.0. The summed E-state index contributed by atoms with van der Waals surface area (Å²) in [7, 11) is 2.00. The Morgan fingerprint density at radius 2 is 1.82 bits per heavy atom. The van der Waals surface area contributed by atoms with E-state index in [-0.39, 0.29) is 0 Å². The Bertz CT molecular complexity index is 432. The molecule has 0 unspecified atom stereocenters. The van der Waals surface area contributed by atoms with Crippen LogP contribution in [0.3, 0.4) is 0 Å². The highest BCUT2D eigenvalue weighted by molar-refractivity contribution is 9.10. The zero-order chi connectivity index (χ0) is 13.0. The molecular weight excluding hydrogens is 278 g/mol. The average molecular weight is 300 g/mol. The highest BCUT2D eigenvalue weighted by Crippen LogP contribution is 2.62. The van der Waals surface area contributed by atoms with E-state index in [2.05, 4.69) is 54.0 Å². The van der Waals surface area contributed by atoms with Crippen LogP contribution in [0.25, 0.3) is 0 Å². The lowest BCUT2D eigenvalue weighted by molar-refractivity contribution is 0.457. The molecule has 0 aliphatic heterocycles. The molecule has 1 fully saturated rings. The van der Waals surface area contributed by atoms with Gasteiger partial charge in [-0.15, -0.1) is 0 Å². The fraction of sp³-hybridized carbons (Fsp3) is 0.769. The second-order valence-electron chi connectivity index (χ2n) is 6.23. The van der Waals surface area contributed by atoms with Crippen molar-refractivity contribution < 1.29 is 0 Å². The van der Waals surface area contributed by atoms with E-state index in [1.54, 1.807) is 0 Å². The minimum absolute atomic E-state index is 0.382. The first kappa shape index (κ1) is 13.1. The maximum absolute atomic E-state index is 4.41. The summed E-state index contributed by atoms with van der Waals surface area (Å²) in [4.78, 5) is 0. The summed E-state index contributed by atoms with van der Waals surface area (Å²) in [5.41, 5.74) is 3.04. The molecule has 96 valence electrons. The Labute approximate surface area is 112 Å². The van der Waals surface area contributed by atoms with Gasteiger partial charge in [-0.3, -0.25) is 4.68 Å². The van der Waals surface area contributed by atoms with Gasteiger partial charge >= 0.3 is 0 Å². The Hall–Kier alpha value is -0.350. The molecule has 1 aromatic rings. The van der Waals surface area contributed by atoms with Crippen molar-refractivity contribution in [2.24, 2.45) is 17.9 Å². The molecule has 17 heavy (non-hydrogen) atoms. The van der Waals surface area contributed by atoms with E-state index in [1.807, 2.05) is 18.7 Å². The quantitative estimate of drug-likeness (QED) is 0.930. The van der Waals surface area contributed by atoms with Crippen LogP contribution in [0.5, 0.6) is 0 Å². The second-order valence-corrected chi connectivity index (χ2v) is 7.02. The fourth-order valence-electron chi connectivity index (χ4n) is 2.78. The summed E-state index contributed by atoms with van der Waals surface area (Å²) in [6, 6.07) is 0.581.